The number of amides is 1. The molecule has 1 aliphatic heterocycles. The first-order chi connectivity index (χ1) is 8.31. The maximum absolute atomic E-state index is 12.3. The van der Waals surface area contributed by atoms with Crippen LogP contribution in [-0.4, -0.2) is 48.2 Å². The molecule has 1 N–H and O–H groups in total. The SMILES string of the molecule is CCC[C@H]1C(=O)N(C)[C@@](CO)(C(=O)OC)C1(C)C. The minimum Gasteiger partial charge on any atom is -0.467 e. The van der Waals surface area contributed by atoms with Gasteiger partial charge in [-0.05, 0) is 6.42 Å². The van der Waals surface area contributed by atoms with Crippen LogP contribution in [0.1, 0.15) is 33.6 Å². The highest BCUT2D eigenvalue weighted by atomic mass is 16.5. The Labute approximate surface area is 108 Å². The molecule has 0 aromatic carbocycles. The van der Waals surface area contributed by atoms with Gasteiger partial charge in [0.1, 0.15) is 0 Å². The fourth-order valence-electron chi connectivity index (χ4n) is 3.17. The molecule has 0 radical (unpaired) electrons. The number of ether oxygens (including phenoxy) is 1. The van der Waals surface area contributed by atoms with Gasteiger partial charge in [-0.25, -0.2) is 4.79 Å². The van der Waals surface area contributed by atoms with Crippen LogP contribution in [0.15, 0.2) is 0 Å². The maximum Gasteiger partial charge on any atom is 0.334 e. The fourth-order valence-corrected chi connectivity index (χ4v) is 3.17. The summed E-state index contributed by atoms with van der Waals surface area (Å²) < 4.78 is 4.82. The smallest absolute Gasteiger partial charge is 0.334 e. The number of likely N-dealkylation sites (tertiary alicyclic amines) is 1. The van der Waals surface area contributed by atoms with Crippen LogP contribution in [0.2, 0.25) is 0 Å². The second kappa shape index (κ2) is 4.88. The molecule has 0 spiro atoms. The number of rotatable bonds is 4. The summed E-state index contributed by atoms with van der Waals surface area (Å²) in [6.45, 7) is 5.28. The number of aliphatic hydroxyl groups is 1. The van der Waals surface area contributed by atoms with E-state index >= 15 is 0 Å². The molecule has 5 nitrogen and oxygen atoms in total. The van der Waals surface area contributed by atoms with Gasteiger partial charge in [-0.3, -0.25) is 4.79 Å². The first kappa shape index (κ1) is 15.0. The van der Waals surface area contributed by atoms with Crippen LogP contribution in [0.3, 0.4) is 0 Å². The average molecular weight is 257 g/mol. The molecule has 0 aliphatic carbocycles. The molecule has 1 amide bonds. The van der Waals surface area contributed by atoms with E-state index < -0.39 is 23.5 Å². The lowest BCUT2D eigenvalue weighted by Gasteiger charge is -2.41. The summed E-state index contributed by atoms with van der Waals surface area (Å²) in [6, 6.07) is 0. The minimum atomic E-state index is -1.28. The quantitative estimate of drug-likeness (QED) is 0.757. The third-order valence-corrected chi connectivity index (χ3v) is 4.47. The zero-order valence-electron chi connectivity index (χ0n) is 11.8. The molecule has 0 aromatic heterocycles. The Kier molecular flexibility index (Phi) is 4.05. The van der Waals surface area contributed by atoms with Crippen molar-refractivity contribution in [1.29, 1.82) is 0 Å². The molecule has 1 aliphatic rings. The van der Waals surface area contributed by atoms with Gasteiger partial charge in [0.2, 0.25) is 5.91 Å². The van der Waals surface area contributed by atoms with Crippen molar-refractivity contribution in [3.05, 3.63) is 0 Å². The largest absolute Gasteiger partial charge is 0.467 e. The van der Waals surface area contributed by atoms with E-state index in [1.54, 1.807) is 7.05 Å². The van der Waals surface area contributed by atoms with Gasteiger partial charge in [0.15, 0.2) is 5.54 Å². The third kappa shape index (κ3) is 1.64. The Morgan fingerprint density at radius 3 is 2.44 bits per heavy atom. The third-order valence-electron chi connectivity index (χ3n) is 4.47. The first-order valence-electron chi connectivity index (χ1n) is 6.28. The van der Waals surface area contributed by atoms with Gasteiger partial charge in [-0.1, -0.05) is 27.2 Å². The van der Waals surface area contributed by atoms with E-state index in [0.29, 0.717) is 6.42 Å². The van der Waals surface area contributed by atoms with E-state index in [0.717, 1.165) is 6.42 Å². The Morgan fingerprint density at radius 2 is 2.06 bits per heavy atom. The highest BCUT2D eigenvalue weighted by Gasteiger charge is 2.66. The lowest BCUT2D eigenvalue weighted by Crippen LogP contribution is -2.60. The van der Waals surface area contributed by atoms with Crippen LogP contribution in [-0.2, 0) is 14.3 Å². The predicted octanol–water partition coefficient (Wildman–Crippen LogP) is 0.805. The van der Waals surface area contributed by atoms with Crippen molar-refractivity contribution >= 4 is 11.9 Å². The van der Waals surface area contributed by atoms with Crippen molar-refractivity contribution in [1.82, 2.24) is 4.90 Å². The summed E-state index contributed by atoms with van der Waals surface area (Å²) in [7, 11) is 2.84. The molecule has 0 aromatic rings. The van der Waals surface area contributed by atoms with Crippen LogP contribution in [0, 0.1) is 11.3 Å². The minimum absolute atomic E-state index is 0.0960. The Morgan fingerprint density at radius 1 is 1.50 bits per heavy atom. The van der Waals surface area contributed by atoms with E-state index in [9.17, 15) is 14.7 Å². The molecule has 1 heterocycles. The zero-order valence-corrected chi connectivity index (χ0v) is 11.8. The Hall–Kier alpha value is -1.10. The summed E-state index contributed by atoms with van der Waals surface area (Å²) in [5.41, 5.74) is -1.94. The standard InChI is InChI=1S/C13H23NO4/c1-6-7-9-10(16)14(4)13(8-15,11(17)18-5)12(9,2)3/h9,15H,6-8H2,1-5H3/t9-,13-/m0/s1. The molecule has 0 unspecified atom stereocenters. The number of carbonyl (C=O) groups is 2. The van der Waals surface area contributed by atoms with E-state index in [1.807, 2.05) is 20.8 Å². The molecule has 0 saturated carbocycles. The second-order valence-corrected chi connectivity index (χ2v) is 5.47. The molecule has 2 atom stereocenters. The summed E-state index contributed by atoms with van der Waals surface area (Å²) >= 11 is 0. The van der Waals surface area contributed by atoms with Crippen molar-refractivity contribution in [2.45, 2.75) is 39.2 Å². The topological polar surface area (TPSA) is 66.8 Å². The number of aliphatic hydroxyl groups excluding tert-OH is 1. The average Bonchev–Trinajstić information content (AvgIpc) is 2.48. The maximum atomic E-state index is 12.3. The van der Waals surface area contributed by atoms with Gasteiger partial charge in [0.05, 0.1) is 13.7 Å². The highest BCUT2D eigenvalue weighted by molar-refractivity contribution is 5.95. The van der Waals surface area contributed by atoms with Crippen LogP contribution >= 0.6 is 0 Å². The fraction of sp³-hybridized carbons (Fsp3) is 0.846. The lowest BCUT2D eigenvalue weighted by atomic mass is 9.66. The van der Waals surface area contributed by atoms with Gasteiger partial charge in [0.25, 0.3) is 0 Å². The normalized spacial score (nSPS) is 30.7. The zero-order chi connectivity index (χ0) is 14.1. The number of likely N-dealkylation sites (N-methyl/N-ethyl adjacent to an activating group) is 1. The monoisotopic (exact) mass is 257 g/mol. The van der Waals surface area contributed by atoms with E-state index in [1.165, 1.54) is 12.0 Å². The highest BCUT2D eigenvalue weighted by Crippen LogP contribution is 2.51. The number of esters is 1. The second-order valence-electron chi connectivity index (χ2n) is 5.47. The van der Waals surface area contributed by atoms with E-state index in [-0.39, 0.29) is 11.8 Å². The van der Waals surface area contributed by atoms with Gasteiger partial charge >= 0.3 is 5.97 Å². The Bertz CT molecular complexity index is 353. The Balaban J connectivity index is 3.34. The van der Waals surface area contributed by atoms with E-state index in [4.69, 9.17) is 4.74 Å². The molecule has 1 rings (SSSR count). The molecule has 5 heteroatoms. The molecular formula is C13H23NO4. The molecule has 1 fully saturated rings. The molecule has 1 saturated heterocycles. The number of hydrogen-bond acceptors (Lipinski definition) is 4. The summed E-state index contributed by atoms with van der Waals surface area (Å²) in [4.78, 5) is 25.8. The summed E-state index contributed by atoms with van der Waals surface area (Å²) in [5, 5.41) is 9.73. The van der Waals surface area contributed by atoms with Gasteiger partial charge in [-0.2, -0.15) is 0 Å². The van der Waals surface area contributed by atoms with Crippen LogP contribution in [0.5, 0.6) is 0 Å². The molecular weight excluding hydrogens is 234 g/mol. The van der Waals surface area contributed by atoms with Gasteiger partial charge in [0, 0.05) is 18.4 Å². The van der Waals surface area contributed by atoms with Gasteiger partial charge in [-0.15, -0.1) is 0 Å². The molecule has 104 valence electrons. The first-order valence-corrected chi connectivity index (χ1v) is 6.28. The number of nitrogens with zero attached hydrogens (tertiary/aromatic N) is 1. The van der Waals surface area contributed by atoms with Crippen LogP contribution in [0.25, 0.3) is 0 Å². The summed E-state index contributed by atoms with van der Waals surface area (Å²) in [6.07, 6.45) is 1.56. The van der Waals surface area contributed by atoms with Crippen molar-refractivity contribution in [2.24, 2.45) is 11.3 Å². The van der Waals surface area contributed by atoms with Crippen LogP contribution < -0.4 is 0 Å². The van der Waals surface area contributed by atoms with Gasteiger partial charge < -0.3 is 14.7 Å². The van der Waals surface area contributed by atoms with Crippen molar-refractivity contribution in [2.75, 3.05) is 20.8 Å². The van der Waals surface area contributed by atoms with Crippen molar-refractivity contribution < 1.29 is 19.4 Å². The number of methoxy groups -OCH3 is 1. The van der Waals surface area contributed by atoms with Crippen molar-refractivity contribution in [3.63, 3.8) is 0 Å². The molecule has 18 heavy (non-hydrogen) atoms. The number of hydrogen-bond donors (Lipinski definition) is 1. The van der Waals surface area contributed by atoms with E-state index in [2.05, 4.69) is 0 Å². The van der Waals surface area contributed by atoms with Crippen LogP contribution in [0.4, 0.5) is 0 Å². The predicted molar refractivity (Wildman–Crippen MR) is 66.8 cm³/mol. The lowest BCUT2D eigenvalue weighted by molar-refractivity contribution is -0.164. The molecule has 0 bridgehead atoms. The number of carbonyl (C=O) groups excluding carboxylic acids is 2. The summed E-state index contributed by atoms with van der Waals surface area (Å²) in [5.74, 6) is -0.912. The van der Waals surface area contributed by atoms with Crippen molar-refractivity contribution in [3.8, 4) is 0 Å².